The first-order valence-corrected chi connectivity index (χ1v) is 7.43. The van der Waals surface area contributed by atoms with E-state index in [0.29, 0.717) is 0 Å². The first-order valence-electron chi connectivity index (χ1n) is 5.78. The lowest BCUT2D eigenvalue weighted by Crippen LogP contribution is -2.40. The van der Waals surface area contributed by atoms with Crippen molar-refractivity contribution in [2.24, 2.45) is 0 Å². The van der Waals surface area contributed by atoms with Gasteiger partial charge in [-0.05, 0) is 30.4 Å². The van der Waals surface area contributed by atoms with Gasteiger partial charge in [-0.2, -0.15) is 0 Å². The van der Waals surface area contributed by atoms with Crippen LogP contribution >= 0.6 is 0 Å². The van der Waals surface area contributed by atoms with Crippen LogP contribution in [0, 0.1) is 0 Å². The smallest absolute Gasteiger partial charge is 0.214 e. The molecule has 2 rings (SSSR count). The molecule has 0 bridgehead atoms. The Hall–Kier alpha value is -0.910. The predicted octanol–water partition coefficient (Wildman–Crippen LogP) is 0.456. The van der Waals surface area contributed by atoms with Crippen LogP contribution in [0.1, 0.15) is 17.5 Å². The molecule has 0 aliphatic heterocycles. The minimum Gasteiger partial charge on any atom is -0.395 e. The first-order chi connectivity index (χ1) is 8.11. The lowest BCUT2D eigenvalue weighted by atomic mass is 9.89. The van der Waals surface area contributed by atoms with Crippen LogP contribution in [-0.2, 0) is 22.9 Å². The van der Waals surface area contributed by atoms with Crippen LogP contribution in [0.5, 0.6) is 0 Å². The zero-order chi connectivity index (χ0) is 12.3. The van der Waals surface area contributed by atoms with Crippen LogP contribution in [0.2, 0.25) is 0 Å². The van der Waals surface area contributed by atoms with Crippen molar-refractivity contribution in [3.63, 3.8) is 0 Å². The maximum atomic E-state index is 11.5. The van der Waals surface area contributed by atoms with Crippen LogP contribution in [0.15, 0.2) is 24.3 Å². The Bertz CT molecular complexity index is 484. The number of aliphatic hydroxyl groups excluding tert-OH is 1. The summed E-state index contributed by atoms with van der Waals surface area (Å²) in [5.41, 5.74) is 2.53. The van der Waals surface area contributed by atoms with E-state index in [9.17, 15) is 8.42 Å². The summed E-state index contributed by atoms with van der Waals surface area (Å²) in [6, 6.07) is 8.08. The molecule has 0 radical (unpaired) electrons. The predicted molar refractivity (Wildman–Crippen MR) is 66.3 cm³/mol. The SMILES string of the molecule is O=S(=O)(CCO)NC1CCc2ccccc2C1. The van der Waals surface area contributed by atoms with Crippen molar-refractivity contribution in [1.29, 1.82) is 0 Å². The minimum atomic E-state index is -3.33. The summed E-state index contributed by atoms with van der Waals surface area (Å²) in [4.78, 5) is 0. The highest BCUT2D eigenvalue weighted by Crippen LogP contribution is 2.21. The van der Waals surface area contributed by atoms with Crippen LogP contribution in [0.4, 0.5) is 0 Å². The third-order valence-electron chi connectivity index (χ3n) is 3.05. The van der Waals surface area contributed by atoms with Gasteiger partial charge in [0.1, 0.15) is 0 Å². The molecule has 1 aliphatic rings. The molecule has 1 aromatic rings. The number of hydrogen-bond acceptors (Lipinski definition) is 3. The number of rotatable bonds is 4. The Morgan fingerprint density at radius 1 is 1.29 bits per heavy atom. The van der Waals surface area contributed by atoms with Crippen LogP contribution in [0.3, 0.4) is 0 Å². The molecule has 0 aromatic heterocycles. The van der Waals surface area contributed by atoms with E-state index in [2.05, 4.69) is 10.8 Å². The molecule has 4 nitrogen and oxygen atoms in total. The molecule has 0 spiro atoms. The van der Waals surface area contributed by atoms with E-state index in [1.807, 2.05) is 18.2 Å². The van der Waals surface area contributed by atoms with Crippen LogP contribution in [-0.4, -0.2) is 31.9 Å². The summed E-state index contributed by atoms with van der Waals surface area (Å²) in [5.74, 6) is -0.217. The summed E-state index contributed by atoms with van der Waals surface area (Å²) in [7, 11) is -3.33. The fourth-order valence-electron chi connectivity index (χ4n) is 2.23. The topological polar surface area (TPSA) is 66.4 Å². The number of aryl methyl sites for hydroxylation is 1. The lowest BCUT2D eigenvalue weighted by molar-refractivity contribution is 0.318. The molecule has 1 unspecified atom stereocenters. The molecule has 0 saturated heterocycles. The number of sulfonamides is 1. The van der Waals surface area contributed by atoms with Crippen molar-refractivity contribution in [3.05, 3.63) is 35.4 Å². The maximum absolute atomic E-state index is 11.5. The molecular weight excluding hydrogens is 238 g/mol. The van der Waals surface area contributed by atoms with E-state index in [1.165, 1.54) is 11.1 Å². The molecule has 1 atom stereocenters. The zero-order valence-corrected chi connectivity index (χ0v) is 10.4. The number of fused-ring (bicyclic) bond motifs is 1. The average Bonchev–Trinajstić information content (AvgIpc) is 2.28. The standard InChI is InChI=1S/C12H17NO3S/c14-7-8-17(15,16)13-12-6-5-10-3-1-2-4-11(10)9-12/h1-4,12-14H,5-9H2. The van der Waals surface area contributed by atoms with Gasteiger partial charge in [0, 0.05) is 6.04 Å². The van der Waals surface area contributed by atoms with Gasteiger partial charge in [0.15, 0.2) is 0 Å². The Morgan fingerprint density at radius 3 is 2.71 bits per heavy atom. The maximum Gasteiger partial charge on any atom is 0.214 e. The molecule has 17 heavy (non-hydrogen) atoms. The highest BCUT2D eigenvalue weighted by molar-refractivity contribution is 7.89. The van der Waals surface area contributed by atoms with Crippen molar-refractivity contribution in [1.82, 2.24) is 4.72 Å². The summed E-state index contributed by atoms with van der Waals surface area (Å²) >= 11 is 0. The number of nitrogens with one attached hydrogen (secondary N) is 1. The Kier molecular flexibility index (Phi) is 3.81. The molecule has 1 aromatic carbocycles. The molecule has 0 amide bonds. The second kappa shape index (κ2) is 5.16. The fourth-order valence-corrected chi connectivity index (χ4v) is 3.30. The van der Waals surface area contributed by atoms with Gasteiger partial charge in [-0.15, -0.1) is 0 Å². The summed E-state index contributed by atoms with van der Waals surface area (Å²) in [6.07, 6.45) is 2.46. The molecular formula is C12H17NO3S. The summed E-state index contributed by atoms with van der Waals surface area (Å²) < 4.78 is 25.7. The van der Waals surface area contributed by atoms with Gasteiger partial charge >= 0.3 is 0 Å². The van der Waals surface area contributed by atoms with Crippen LogP contribution < -0.4 is 4.72 Å². The van der Waals surface area contributed by atoms with E-state index in [0.717, 1.165) is 19.3 Å². The Balaban J connectivity index is 2.04. The highest BCUT2D eigenvalue weighted by Gasteiger charge is 2.22. The van der Waals surface area contributed by atoms with Gasteiger partial charge in [0.25, 0.3) is 0 Å². The van der Waals surface area contributed by atoms with Crippen molar-refractivity contribution in [2.75, 3.05) is 12.4 Å². The van der Waals surface area contributed by atoms with Crippen molar-refractivity contribution in [2.45, 2.75) is 25.3 Å². The van der Waals surface area contributed by atoms with Gasteiger partial charge < -0.3 is 5.11 Å². The van der Waals surface area contributed by atoms with E-state index >= 15 is 0 Å². The molecule has 0 saturated carbocycles. The largest absolute Gasteiger partial charge is 0.395 e. The normalized spacial score (nSPS) is 19.9. The van der Waals surface area contributed by atoms with Crippen LogP contribution in [0.25, 0.3) is 0 Å². The van der Waals surface area contributed by atoms with Gasteiger partial charge in [0.2, 0.25) is 10.0 Å². The monoisotopic (exact) mass is 255 g/mol. The quantitative estimate of drug-likeness (QED) is 0.821. The van der Waals surface area contributed by atoms with Gasteiger partial charge in [-0.1, -0.05) is 24.3 Å². The number of hydrogen-bond donors (Lipinski definition) is 2. The van der Waals surface area contributed by atoms with E-state index in [1.54, 1.807) is 0 Å². The third kappa shape index (κ3) is 3.28. The second-order valence-electron chi connectivity index (χ2n) is 4.37. The zero-order valence-electron chi connectivity index (χ0n) is 9.59. The van der Waals surface area contributed by atoms with E-state index in [-0.39, 0.29) is 18.4 Å². The van der Waals surface area contributed by atoms with Crippen molar-refractivity contribution >= 4 is 10.0 Å². The van der Waals surface area contributed by atoms with Gasteiger partial charge in [0.05, 0.1) is 12.4 Å². The number of aliphatic hydroxyl groups is 1. The summed E-state index contributed by atoms with van der Waals surface area (Å²) in [6.45, 7) is -0.335. The molecule has 5 heteroatoms. The van der Waals surface area contributed by atoms with Crippen molar-refractivity contribution in [3.8, 4) is 0 Å². The molecule has 94 valence electrons. The fraction of sp³-hybridized carbons (Fsp3) is 0.500. The minimum absolute atomic E-state index is 0.0403. The molecule has 2 N–H and O–H groups in total. The number of benzene rings is 1. The van der Waals surface area contributed by atoms with Gasteiger partial charge in [-0.3, -0.25) is 0 Å². The summed E-state index contributed by atoms with van der Waals surface area (Å²) in [5, 5.41) is 8.67. The first kappa shape index (κ1) is 12.5. The molecule has 1 aliphatic carbocycles. The third-order valence-corrected chi connectivity index (χ3v) is 4.47. The second-order valence-corrected chi connectivity index (χ2v) is 6.24. The average molecular weight is 255 g/mol. The molecule has 0 heterocycles. The van der Waals surface area contributed by atoms with E-state index in [4.69, 9.17) is 5.11 Å². The Labute approximate surface area is 102 Å². The lowest BCUT2D eigenvalue weighted by Gasteiger charge is -2.25. The van der Waals surface area contributed by atoms with E-state index < -0.39 is 10.0 Å². The molecule has 0 fully saturated rings. The highest BCUT2D eigenvalue weighted by atomic mass is 32.2. The van der Waals surface area contributed by atoms with Gasteiger partial charge in [-0.25, -0.2) is 13.1 Å². The van der Waals surface area contributed by atoms with Crippen molar-refractivity contribution < 1.29 is 13.5 Å². The Morgan fingerprint density at radius 2 is 2.00 bits per heavy atom.